The molecule has 1 aliphatic heterocycles. The molecular weight excluding hydrogens is 258 g/mol. The molecule has 0 aromatic heterocycles. The lowest BCUT2D eigenvalue weighted by molar-refractivity contribution is 0.0884. The zero-order valence-electron chi connectivity index (χ0n) is 12.6. The van der Waals surface area contributed by atoms with E-state index in [4.69, 9.17) is 18.9 Å². The van der Waals surface area contributed by atoms with Gasteiger partial charge in [0.1, 0.15) is 5.75 Å². The van der Waals surface area contributed by atoms with Crippen LogP contribution in [0.1, 0.15) is 18.1 Å². The third kappa shape index (κ3) is 2.83. The molecule has 1 N–H and O–H groups in total. The zero-order chi connectivity index (χ0) is 14.5. The van der Waals surface area contributed by atoms with Gasteiger partial charge in [-0.15, -0.1) is 0 Å². The molecule has 1 aromatic carbocycles. The molecule has 0 aliphatic carbocycles. The second kappa shape index (κ2) is 6.81. The molecule has 1 saturated heterocycles. The van der Waals surface area contributed by atoms with E-state index in [0.29, 0.717) is 17.4 Å². The summed E-state index contributed by atoms with van der Waals surface area (Å²) in [5, 5.41) is 3.22. The monoisotopic (exact) mass is 281 g/mol. The van der Waals surface area contributed by atoms with Crippen molar-refractivity contribution < 1.29 is 18.9 Å². The topological polar surface area (TPSA) is 49.0 Å². The van der Waals surface area contributed by atoms with E-state index < -0.39 is 0 Å². The molecule has 1 fully saturated rings. The number of methoxy groups -OCH3 is 3. The zero-order valence-corrected chi connectivity index (χ0v) is 12.6. The Balaban J connectivity index is 2.38. The lowest BCUT2D eigenvalue weighted by Gasteiger charge is -2.22. The minimum absolute atomic E-state index is 0.0252. The van der Waals surface area contributed by atoms with Crippen LogP contribution in [0.2, 0.25) is 0 Å². The fourth-order valence-corrected chi connectivity index (χ4v) is 2.72. The molecule has 0 radical (unpaired) electrons. The number of benzene rings is 1. The van der Waals surface area contributed by atoms with Crippen LogP contribution >= 0.6 is 0 Å². The van der Waals surface area contributed by atoms with E-state index in [-0.39, 0.29) is 6.10 Å². The maximum atomic E-state index is 5.90. The highest BCUT2D eigenvalue weighted by atomic mass is 16.5. The molecule has 1 heterocycles. The van der Waals surface area contributed by atoms with Crippen LogP contribution in [-0.4, -0.2) is 41.5 Å². The van der Waals surface area contributed by atoms with Gasteiger partial charge in [-0.2, -0.15) is 0 Å². The Bertz CT molecular complexity index is 450. The van der Waals surface area contributed by atoms with Gasteiger partial charge in [-0.1, -0.05) is 0 Å². The van der Waals surface area contributed by atoms with Crippen molar-refractivity contribution in [2.45, 2.75) is 12.5 Å². The van der Waals surface area contributed by atoms with Crippen LogP contribution in [-0.2, 0) is 4.74 Å². The quantitative estimate of drug-likeness (QED) is 0.864. The minimum atomic E-state index is 0.0252. The summed E-state index contributed by atoms with van der Waals surface area (Å²) in [7, 11) is 6.87. The highest BCUT2D eigenvalue weighted by Crippen LogP contribution is 2.43. The SMILES string of the molecule is CNCC1CCOC1c1cc(OC)c(OC)cc1OC. The summed E-state index contributed by atoms with van der Waals surface area (Å²) in [6.07, 6.45) is 1.07. The van der Waals surface area contributed by atoms with Crippen molar-refractivity contribution in [3.8, 4) is 17.2 Å². The average molecular weight is 281 g/mol. The fourth-order valence-electron chi connectivity index (χ4n) is 2.72. The predicted octanol–water partition coefficient (Wildman–Crippen LogP) is 2.01. The van der Waals surface area contributed by atoms with E-state index in [1.807, 2.05) is 19.2 Å². The highest BCUT2D eigenvalue weighted by Gasteiger charge is 2.32. The molecule has 0 bridgehead atoms. The molecule has 112 valence electrons. The first-order chi connectivity index (χ1) is 9.74. The number of hydrogen-bond acceptors (Lipinski definition) is 5. The first-order valence-electron chi connectivity index (χ1n) is 6.81. The average Bonchev–Trinajstić information content (AvgIpc) is 2.94. The standard InChI is InChI=1S/C15H23NO4/c1-16-9-10-5-6-20-15(10)11-7-13(18-3)14(19-4)8-12(11)17-2/h7-8,10,15-16H,5-6,9H2,1-4H3. The number of ether oxygens (including phenoxy) is 4. The Kier molecular flexibility index (Phi) is 5.09. The van der Waals surface area contributed by atoms with Gasteiger partial charge in [-0.3, -0.25) is 0 Å². The van der Waals surface area contributed by atoms with Gasteiger partial charge in [0, 0.05) is 30.7 Å². The van der Waals surface area contributed by atoms with Gasteiger partial charge < -0.3 is 24.3 Å². The number of hydrogen-bond donors (Lipinski definition) is 1. The van der Waals surface area contributed by atoms with Gasteiger partial charge in [-0.25, -0.2) is 0 Å². The molecule has 5 nitrogen and oxygen atoms in total. The van der Waals surface area contributed by atoms with Crippen molar-refractivity contribution in [1.29, 1.82) is 0 Å². The first kappa shape index (κ1) is 14.9. The van der Waals surface area contributed by atoms with Crippen LogP contribution in [0.5, 0.6) is 17.2 Å². The van der Waals surface area contributed by atoms with Gasteiger partial charge in [0.05, 0.1) is 27.4 Å². The highest BCUT2D eigenvalue weighted by molar-refractivity contribution is 5.51. The second-order valence-corrected chi connectivity index (χ2v) is 4.85. The number of rotatable bonds is 6. The third-order valence-corrected chi connectivity index (χ3v) is 3.72. The van der Waals surface area contributed by atoms with Gasteiger partial charge >= 0.3 is 0 Å². The minimum Gasteiger partial charge on any atom is -0.496 e. The van der Waals surface area contributed by atoms with Crippen LogP contribution < -0.4 is 19.5 Å². The van der Waals surface area contributed by atoms with Gasteiger partial charge in [0.25, 0.3) is 0 Å². The Hall–Kier alpha value is -1.46. The summed E-state index contributed by atoms with van der Waals surface area (Å²) >= 11 is 0. The van der Waals surface area contributed by atoms with Crippen molar-refractivity contribution >= 4 is 0 Å². The van der Waals surface area contributed by atoms with Crippen LogP contribution in [0.15, 0.2) is 12.1 Å². The van der Waals surface area contributed by atoms with Crippen LogP contribution in [0, 0.1) is 5.92 Å². The van der Waals surface area contributed by atoms with Gasteiger partial charge in [-0.05, 0) is 19.5 Å². The Labute approximate surface area is 120 Å². The maximum Gasteiger partial charge on any atom is 0.164 e. The molecular formula is C15H23NO4. The second-order valence-electron chi connectivity index (χ2n) is 4.85. The molecule has 5 heteroatoms. The molecule has 1 aromatic rings. The smallest absolute Gasteiger partial charge is 0.164 e. The summed E-state index contributed by atoms with van der Waals surface area (Å²) in [6, 6.07) is 3.81. The molecule has 20 heavy (non-hydrogen) atoms. The van der Waals surface area contributed by atoms with Crippen LogP contribution in [0.25, 0.3) is 0 Å². The van der Waals surface area contributed by atoms with Gasteiger partial charge in [0.2, 0.25) is 0 Å². The fraction of sp³-hybridized carbons (Fsp3) is 0.600. The largest absolute Gasteiger partial charge is 0.496 e. The summed E-state index contributed by atoms with van der Waals surface area (Å²) in [5.41, 5.74) is 1.02. The summed E-state index contributed by atoms with van der Waals surface area (Å²) in [5.74, 6) is 2.57. The number of nitrogens with one attached hydrogen (secondary N) is 1. The normalized spacial score (nSPS) is 21.8. The van der Waals surface area contributed by atoms with E-state index in [9.17, 15) is 0 Å². The van der Waals surface area contributed by atoms with E-state index in [0.717, 1.165) is 30.9 Å². The third-order valence-electron chi connectivity index (χ3n) is 3.72. The predicted molar refractivity (Wildman–Crippen MR) is 76.8 cm³/mol. The molecule has 1 aliphatic rings. The lowest BCUT2D eigenvalue weighted by Crippen LogP contribution is -2.21. The van der Waals surface area contributed by atoms with Crippen molar-refractivity contribution in [2.24, 2.45) is 5.92 Å². The van der Waals surface area contributed by atoms with Crippen molar-refractivity contribution in [3.63, 3.8) is 0 Å². The van der Waals surface area contributed by atoms with E-state index in [2.05, 4.69) is 5.32 Å². The van der Waals surface area contributed by atoms with Crippen molar-refractivity contribution in [2.75, 3.05) is 41.5 Å². The maximum absolute atomic E-state index is 5.90. The Morgan fingerprint density at radius 2 is 1.75 bits per heavy atom. The molecule has 0 saturated carbocycles. The molecule has 2 rings (SSSR count). The summed E-state index contributed by atoms with van der Waals surface area (Å²) in [4.78, 5) is 0. The van der Waals surface area contributed by atoms with Gasteiger partial charge in [0.15, 0.2) is 11.5 Å². The Morgan fingerprint density at radius 1 is 1.10 bits per heavy atom. The lowest BCUT2D eigenvalue weighted by atomic mass is 9.94. The van der Waals surface area contributed by atoms with Crippen molar-refractivity contribution in [3.05, 3.63) is 17.7 Å². The first-order valence-corrected chi connectivity index (χ1v) is 6.81. The molecule has 2 atom stereocenters. The van der Waals surface area contributed by atoms with E-state index in [1.54, 1.807) is 21.3 Å². The Morgan fingerprint density at radius 3 is 2.35 bits per heavy atom. The van der Waals surface area contributed by atoms with Crippen LogP contribution in [0.3, 0.4) is 0 Å². The summed E-state index contributed by atoms with van der Waals surface area (Å²) < 4.78 is 22.1. The molecule has 2 unspecified atom stereocenters. The summed E-state index contributed by atoms with van der Waals surface area (Å²) in [6.45, 7) is 1.69. The van der Waals surface area contributed by atoms with E-state index in [1.165, 1.54) is 0 Å². The van der Waals surface area contributed by atoms with Crippen LogP contribution in [0.4, 0.5) is 0 Å². The molecule has 0 amide bonds. The van der Waals surface area contributed by atoms with Crippen molar-refractivity contribution in [1.82, 2.24) is 5.32 Å². The molecule has 0 spiro atoms. The van der Waals surface area contributed by atoms with E-state index >= 15 is 0 Å².